The van der Waals surface area contributed by atoms with Crippen LogP contribution in [0.2, 0.25) is 0 Å². The monoisotopic (exact) mass is 318 g/mol. The second kappa shape index (κ2) is 5.64. The Morgan fingerprint density at radius 2 is 2.09 bits per heavy atom. The number of nitro groups is 1. The van der Waals surface area contributed by atoms with Crippen LogP contribution in [0.15, 0.2) is 18.2 Å². The standard InChI is InChI=1S/C16H18N2O5/c1-9-7-10(5-6-13(9)18(22)23)15(19)17-8-11-3-2-4-12(11)14(17)16(20)21/h5-7,11-12,14H,2-4,8H2,1H3,(H,20,21). The highest BCUT2D eigenvalue weighted by Crippen LogP contribution is 2.42. The van der Waals surface area contributed by atoms with Crippen LogP contribution in [0.1, 0.15) is 35.2 Å². The molecule has 2 aliphatic rings. The van der Waals surface area contributed by atoms with E-state index in [9.17, 15) is 24.8 Å². The molecule has 3 atom stereocenters. The molecule has 1 aromatic carbocycles. The summed E-state index contributed by atoms with van der Waals surface area (Å²) in [5.41, 5.74) is 0.654. The molecule has 2 fully saturated rings. The van der Waals surface area contributed by atoms with E-state index in [0.717, 1.165) is 19.3 Å². The minimum atomic E-state index is -0.966. The number of hydrogen-bond donors (Lipinski definition) is 1. The Balaban J connectivity index is 1.89. The first kappa shape index (κ1) is 15.5. The molecule has 122 valence electrons. The van der Waals surface area contributed by atoms with Crippen molar-refractivity contribution in [1.29, 1.82) is 0 Å². The second-order valence-corrected chi connectivity index (χ2v) is 6.35. The van der Waals surface area contributed by atoms with Crippen molar-refractivity contribution in [3.8, 4) is 0 Å². The maximum atomic E-state index is 12.7. The van der Waals surface area contributed by atoms with Crippen molar-refractivity contribution >= 4 is 17.6 Å². The van der Waals surface area contributed by atoms with Crippen molar-refractivity contribution in [1.82, 2.24) is 4.90 Å². The van der Waals surface area contributed by atoms with Gasteiger partial charge in [-0.05, 0) is 43.7 Å². The number of carbonyl (C=O) groups excluding carboxylic acids is 1. The van der Waals surface area contributed by atoms with Crippen molar-refractivity contribution < 1.29 is 19.6 Å². The molecule has 0 radical (unpaired) electrons. The largest absolute Gasteiger partial charge is 0.480 e. The molecule has 23 heavy (non-hydrogen) atoms. The second-order valence-electron chi connectivity index (χ2n) is 6.35. The number of nitrogens with zero attached hydrogens (tertiary/aromatic N) is 2. The predicted molar refractivity (Wildman–Crippen MR) is 81.1 cm³/mol. The first-order valence-electron chi connectivity index (χ1n) is 7.69. The van der Waals surface area contributed by atoms with Gasteiger partial charge in [-0.2, -0.15) is 0 Å². The van der Waals surface area contributed by atoms with Crippen LogP contribution in [0.25, 0.3) is 0 Å². The highest BCUT2D eigenvalue weighted by atomic mass is 16.6. The molecule has 1 saturated heterocycles. The maximum absolute atomic E-state index is 12.7. The molecule has 1 N–H and O–H groups in total. The van der Waals surface area contributed by atoms with E-state index in [0.29, 0.717) is 17.7 Å². The number of likely N-dealkylation sites (tertiary alicyclic amines) is 1. The topological polar surface area (TPSA) is 101 Å². The van der Waals surface area contributed by atoms with Crippen molar-refractivity contribution in [3.05, 3.63) is 39.4 Å². The minimum Gasteiger partial charge on any atom is -0.480 e. The first-order valence-corrected chi connectivity index (χ1v) is 7.69. The van der Waals surface area contributed by atoms with Crippen molar-refractivity contribution in [3.63, 3.8) is 0 Å². The third-order valence-electron chi connectivity index (χ3n) is 5.04. The number of nitro benzene ring substituents is 1. The van der Waals surface area contributed by atoms with Crippen LogP contribution in [0.3, 0.4) is 0 Å². The summed E-state index contributed by atoms with van der Waals surface area (Å²) in [6.45, 7) is 2.03. The average molecular weight is 318 g/mol. The fourth-order valence-electron chi connectivity index (χ4n) is 3.99. The highest BCUT2D eigenvalue weighted by molar-refractivity contribution is 5.97. The number of carboxylic acid groups (broad SMARTS) is 1. The fourth-order valence-corrected chi connectivity index (χ4v) is 3.99. The molecule has 1 aliphatic heterocycles. The van der Waals surface area contributed by atoms with Crippen molar-refractivity contribution in [2.45, 2.75) is 32.2 Å². The molecular weight excluding hydrogens is 300 g/mol. The number of amides is 1. The summed E-state index contributed by atoms with van der Waals surface area (Å²) < 4.78 is 0. The van der Waals surface area contributed by atoms with Gasteiger partial charge in [-0.3, -0.25) is 14.9 Å². The molecule has 0 aromatic heterocycles. The number of rotatable bonds is 3. The fraction of sp³-hybridized carbons (Fsp3) is 0.500. The zero-order chi connectivity index (χ0) is 16.7. The Bertz CT molecular complexity index is 687. The third-order valence-corrected chi connectivity index (χ3v) is 5.04. The van der Waals surface area contributed by atoms with E-state index in [-0.39, 0.29) is 23.4 Å². The van der Waals surface area contributed by atoms with Gasteiger partial charge in [0.05, 0.1) is 4.92 Å². The van der Waals surface area contributed by atoms with Gasteiger partial charge in [0.25, 0.3) is 11.6 Å². The van der Waals surface area contributed by atoms with E-state index in [1.807, 2.05) is 0 Å². The summed E-state index contributed by atoms with van der Waals surface area (Å²) >= 11 is 0. The third kappa shape index (κ3) is 2.56. The van der Waals surface area contributed by atoms with Gasteiger partial charge in [-0.15, -0.1) is 0 Å². The Morgan fingerprint density at radius 3 is 2.70 bits per heavy atom. The zero-order valence-electron chi connectivity index (χ0n) is 12.8. The Morgan fingerprint density at radius 1 is 1.35 bits per heavy atom. The molecule has 7 nitrogen and oxygen atoms in total. The van der Waals surface area contributed by atoms with Crippen molar-refractivity contribution in [2.24, 2.45) is 11.8 Å². The molecule has 0 bridgehead atoms. The molecule has 3 unspecified atom stereocenters. The van der Waals surface area contributed by atoms with E-state index in [1.54, 1.807) is 6.92 Å². The Hall–Kier alpha value is -2.44. The van der Waals surface area contributed by atoms with Crippen LogP contribution in [0.4, 0.5) is 5.69 Å². The van der Waals surface area contributed by atoms with Gasteiger partial charge in [0.15, 0.2) is 0 Å². The van der Waals surface area contributed by atoms with E-state index in [1.165, 1.54) is 23.1 Å². The summed E-state index contributed by atoms with van der Waals surface area (Å²) in [5.74, 6) is -1.05. The molecule has 0 spiro atoms. The predicted octanol–water partition coefficient (Wildman–Crippen LogP) is 2.23. The van der Waals surface area contributed by atoms with E-state index in [2.05, 4.69) is 0 Å². The summed E-state index contributed by atoms with van der Waals surface area (Å²) in [4.78, 5) is 36.1. The average Bonchev–Trinajstić information content (AvgIpc) is 3.05. The van der Waals surface area contributed by atoms with E-state index >= 15 is 0 Å². The lowest BCUT2D eigenvalue weighted by molar-refractivity contribution is -0.385. The molecule has 1 amide bonds. The lowest BCUT2D eigenvalue weighted by Gasteiger charge is -2.24. The summed E-state index contributed by atoms with van der Waals surface area (Å²) in [6, 6.07) is 3.38. The smallest absolute Gasteiger partial charge is 0.326 e. The highest BCUT2D eigenvalue weighted by Gasteiger charge is 2.49. The molecule has 7 heteroatoms. The van der Waals surface area contributed by atoms with Crippen molar-refractivity contribution in [2.75, 3.05) is 6.54 Å². The number of aliphatic carboxylic acids is 1. The van der Waals surface area contributed by atoms with Crippen LogP contribution in [-0.4, -0.2) is 39.4 Å². The van der Waals surface area contributed by atoms with Crippen LogP contribution in [0.5, 0.6) is 0 Å². The van der Waals surface area contributed by atoms with Crippen LogP contribution in [0, 0.1) is 28.9 Å². The molecule has 3 rings (SSSR count). The number of carbonyl (C=O) groups is 2. The maximum Gasteiger partial charge on any atom is 0.326 e. The van der Waals surface area contributed by atoms with Gasteiger partial charge in [0.1, 0.15) is 6.04 Å². The van der Waals surface area contributed by atoms with Gasteiger partial charge in [0, 0.05) is 23.7 Å². The summed E-state index contributed by atoms with van der Waals surface area (Å²) in [5, 5.41) is 20.4. The number of aryl methyl sites for hydroxylation is 1. The van der Waals surface area contributed by atoms with E-state index in [4.69, 9.17) is 0 Å². The lowest BCUT2D eigenvalue weighted by Crippen LogP contribution is -2.43. The van der Waals surface area contributed by atoms with Crippen LogP contribution >= 0.6 is 0 Å². The molecule has 1 heterocycles. The molecule has 1 aliphatic carbocycles. The Kier molecular flexibility index (Phi) is 3.79. The quantitative estimate of drug-likeness (QED) is 0.680. The first-order chi connectivity index (χ1) is 10.9. The molecule has 1 aromatic rings. The molecule has 1 saturated carbocycles. The lowest BCUT2D eigenvalue weighted by atomic mass is 9.94. The van der Waals surface area contributed by atoms with Crippen LogP contribution in [-0.2, 0) is 4.79 Å². The summed E-state index contributed by atoms with van der Waals surface area (Å²) in [6.07, 6.45) is 2.81. The number of benzene rings is 1. The van der Waals surface area contributed by atoms with Gasteiger partial charge >= 0.3 is 5.97 Å². The number of fused-ring (bicyclic) bond motifs is 1. The van der Waals surface area contributed by atoms with Gasteiger partial charge in [-0.1, -0.05) is 6.42 Å². The Labute approximate surface area is 133 Å². The van der Waals surface area contributed by atoms with Gasteiger partial charge in [0.2, 0.25) is 0 Å². The number of hydrogen-bond acceptors (Lipinski definition) is 4. The van der Waals surface area contributed by atoms with Crippen LogP contribution < -0.4 is 0 Å². The van der Waals surface area contributed by atoms with Gasteiger partial charge < -0.3 is 10.0 Å². The summed E-state index contributed by atoms with van der Waals surface area (Å²) in [7, 11) is 0. The SMILES string of the molecule is Cc1cc(C(=O)N2CC3CCCC3C2C(=O)O)ccc1[N+](=O)[O-]. The van der Waals surface area contributed by atoms with Gasteiger partial charge in [-0.25, -0.2) is 4.79 Å². The minimum absolute atomic E-state index is 0.0237. The number of carboxylic acids is 1. The normalized spacial score (nSPS) is 26.1. The molecular formula is C16H18N2O5. The zero-order valence-corrected chi connectivity index (χ0v) is 12.8. The van der Waals surface area contributed by atoms with E-state index < -0.39 is 16.9 Å².